The first-order valence-corrected chi connectivity index (χ1v) is 11.5. The SMILES string of the molecule is COc1ccc(N2C(=O)N3C[C@H](c4ccccc4OC)c4c([nH]c5ccccc45)[C@@]3(C)C2=O)cc1. The molecule has 6 rings (SSSR count). The number of hydrogen-bond acceptors (Lipinski definition) is 4. The first-order chi connectivity index (χ1) is 17.0. The second kappa shape index (κ2) is 7.63. The third kappa shape index (κ3) is 2.84. The zero-order valence-electron chi connectivity index (χ0n) is 19.7. The van der Waals surface area contributed by atoms with Gasteiger partial charge in [0.05, 0.1) is 25.6 Å². The minimum absolute atomic E-state index is 0.169. The zero-order chi connectivity index (χ0) is 24.3. The minimum atomic E-state index is -1.16. The Bertz CT molecular complexity index is 1480. The molecular weight excluding hydrogens is 442 g/mol. The van der Waals surface area contributed by atoms with Gasteiger partial charge in [0.1, 0.15) is 11.5 Å². The molecule has 7 heteroatoms. The van der Waals surface area contributed by atoms with E-state index in [1.165, 1.54) is 4.90 Å². The number of amides is 3. The first-order valence-electron chi connectivity index (χ1n) is 11.5. The maximum atomic E-state index is 14.0. The van der Waals surface area contributed by atoms with Crippen LogP contribution in [0.2, 0.25) is 0 Å². The maximum absolute atomic E-state index is 14.0. The number of methoxy groups -OCH3 is 2. The number of rotatable bonds is 4. The average Bonchev–Trinajstić information content (AvgIpc) is 3.38. The number of fused-ring (bicyclic) bond motifs is 5. The molecule has 0 unspecified atom stereocenters. The summed E-state index contributed by atoms with van der Waals surface area (Å²) in [5, 5.41) is 1.04. The van der Waals surface area contributed by atoms with Crippen molar-refractivity contribution in [3.8, 4) is 11.5 Å². The molecule has 3 amide bonds. The summed E-state index contributed by atoms with van der Waals surface area (Å²) in [6.45, 7) is 2.19. The molecule has 1 aromatic heterocycles. The number of carbonyl (C=O) groups is 2. The van der Waals surface area contributed by atoms with Gasteiger partial charge >= 0.3 is 6.03 Å². The summed E-state index contributed by atoms with van der Waals surface area (Å²) >= 11 is 0. The number of para-hydroxylation sites is 2. The van der Waals surface area contributed by atoms with E-state index in [0.717, 1.165) is 33.5 Å². The molecule has 0 aliphatic carbocycles. The smallest absolute Gasteiger partial charge is 0.332 e. The summed E-state index contributed by atoms with van der Waals surface area (Å²) in [6.07, 6.45) is 0. The van der Waals surface area contributed by atoms with E-state index in [-0.39, 0.29) is 17.9 Å². The van der Waals surface area contributed by atoms with Crippen molar-refractivity contribution in [2.45, 2.75) is 18.4 Å². The predicted octanol–water partition coefficient (Wildman–Crippen LogP) is 5.01. The van der Waals surface area contributed by atoms with Crippen molar-refractivity contribution in [2.75, 3.05) is 25.7 Å². The van der Waals surface area contributed by atoms with E-state index in [9.17, 15) is 9.59 Å². The van der Waals surface area contributed by atoms with Crippen LogP contribution in [0, 0.1) is 0 Å². The zero-order valence-corrected chi connectivity index (χ0v) is 19.7. The van der Waals surface area contributed by atoms with Crippen LogP contribution < -0.4 is 14.4 Å². The summed E-state index contributed by atoms with van der Waals surface area (Å²) in [5.41, 5.74) is 3.04. The number of ether oxygens (including phenoxy) is 2. The Kier molecular flexibility index (Phi) is 4.64. The molecule has 3 aromatic carbocycles. The van der Waals surface area contributed by atoms with Gasteiger partial charge in [-0.1, -0.05) is 36.4 Å². The molecule has 1 saturated heterocycles. The molecule has 2 atom stereocenters. The molecule has 3 heterocycles. The van der Waals surface area contributed by atoms with E-state index >= 15 is 0 Å². The standard InChI is InChI=1S/C28H25N3O4/c1-28-25-24(20-9-4-6-10-22(20)29-25)21(19-8-5-7-11-23(19)35-3)16-30(28)27(33)31(26(28)32)17-12-14-18(34-2)15-13-17/h4-15,21,29H,16H2,1-3H3/t21-,28+/m1/s1. The van der Waals surface area contributed by atoms with Gasteiger partial charge < -0.3 is 19.4 Å². The fourth-order valence-electron chi connectivity index (χ4n) is 5.59. The van der Waals surface area contributed by atoms with Crippen molar-refractivity contribution in [1.82, 2.24) is 9.88 Å². The van der Waals surface area contributed by atoms with Crippen molar-refractivity contribution in [3.63, 3.8) is 0 Å². The Morgan fingerprint density at radius 3 is 2.37 bits per heavy atom. The molecule has 1 fully saturated rings. The molecule has 176 valence electrons. The van der Waals surface area contributed by atoms with Gasteiger partial charge in [-0.2, -0.15) is 0 Å². The number of imide groups is 1. The molecule has 2 aliphatic heterocycles. The number of anilines is 1. The van der Waals surface area contributed by atoms with Crippen LogP contribution in [0.5, 0.6) is 11.5 Å². The number of nitrogens with zero attached hydrogens (tertiary/aromatic N) is 2. The Morgan fingerprint density at radius 1 is 0.914 bits per heavy atom. The Balaban J connectivity index is 1.57. The second-order valence-electron chi connectivity index (χ2n) is 9.06. The van der Waals surface area contributed by atoms with Crippen molar-refractivity contribution < 1.29 is 19.1 Å². The molecule has 0 bridgehead atoms. The number of hydrogen-bond donors (Lipinski definition) is 1. The lowest BCUT2D eigenvalue weighted by Crippen LogP contribution is -2.50. The second-order valence-corrected chi connectivity index (χ2v) is 9.06. The van der Waals surface area contributed by atoms with Crippen molar-refractivity contribution in [1.29, 1.82) is 0 Å². The minimum Gasteiger partial charge on any atom is -0.497 e. The Labute approximate surface area is 202 Å². The van der Waals surface area contributed by atoms with E-state index < -0.39 is 5.54 Å². The average molecular weight is 468 g/mol. The molecule has 2 aliphatic rings. The molecule has 35 heavy (non-hydrogen) atoms. The van der Waals surface area contributed by atoms with Crippen LogP contribution in [-0.4, -0.2) is 42.6 Å². The number of aromatic nitrogens is 1. The number of urea groups is 1. The summed E-state index contributed by atoms with van der Waals surface area (Å²) in [7, 11) is 3.23. The van der Waals surface area contributed by atoms with Crippen LogP contribution in [0.4, 0.5) is 10.5 Å². The Morgan fingerprint density at radius 2 is 1.63 bits per heavy atom. The fraction of sp³-hybridized carbons (Fsp3) is 0.214. The lowest BCUT2D eigenvalue weighted by atomic mass is 9.78. The van der Waals surface area contributed by atoms with Crippen LogP contribution in [0.25, 0.3) is 10.9 Å². The van der Waals surface area contributed by atoms with E-state index in [1.54, 1.807) is 43.4 Å². The van der Waals surface area contributed by atoms with Crippen LogP contribution in [0.15, 0.2) is 72.8 Å². The third-order valence-corrected chi connectivity index (χ3v) is 7.37. The Hall–Kier alpha value is -4.26. The summed E-state index contributed by atoms with van der Waals surface area (Å²) in [4.78, 5) is 34.3. The fourth-order valence-corrected chi connectivity index (χ4v) is 5.59. The van der Waals surface area contributed by atoms with Crippen molar-refractivity contribution >= 4 is 28.5 Å². The molecular formula is C28H25N3O4. The number of nitrogens with one attached hydrogen (secondary N) is 1. The summed E-state index contributed by atoms with van der Waals surface area (Å²) in [6, 6.07) is 22.5. The number of benzene rings is 3. The molecule has 7 nitrogen and oxygen atoms in total. The van der Waals surface area contributed by atoms with E-state index in [2.05, 4.69) is 11.1 Å². The molecule has 0 saturated carbocycles. The first kappa shape index (κ1) is 21.3. The highest BCUT2D eigenvalue weighted by molar-refractivity contribution is 6.23. The summed E-state index contributed by atoms with van der Waals surface area (Å²) < 4.78 is 10.9. The molecule has 1 N–H and O–H groups in total. The highest BCUT2D eigenvalue weighted by Crippen LogP contribution is 2.51. The topological polar surface area (TPSA) is 74.9 Å². The third-order valence-electron chi connectivity index (χ3n) is 7.37. The maximum Gasteiger partial charge on any atom is 0.332 e. The van der Waals surface area contributed by atoms with Crippen LogP contribution >= 0.6 is 0 Å². The monoisotopic (exact) mass is 467 g/mol. The van der Waals surface area contributed by atoms with E-state index in [0.29, 0.717) is 18.0 Å². The lowest BCUT2D eigenvalue weighted by molar-refractivity contribution is -0.125. The quantitative estimate of drug-likeness (QED) is 0.428. The van der Waals surface area contributed by atoms with Gasteiger partial charge in [-0.25, -0.2) is 9.69 Å². The number of carbonyl (C=O) groups excluding carboxylic acids is 2. The van der Waals surface area contributed by atoms with Crippen LogP contribution in [0.1, 0.15) is 29.7 Å². The van der Waals surface area contributed by atoms with Gasteiger partial charge in [-0.05, 0) is 48.9 Å². The van der Waals surface area contributed by atoms with Gasteiger partial charge in [-0.3, -0.25) is 4.79 Å². The van der Waals surface area contributed by atoms with E-state index in [4.69, 9.17) is 9.47 Å². The number of aromatic amines is 1. The van der Waals surface area contributed by atoms with Crippen molar-refractivity contribution in [2.24, 2.45) is 0 Å². The number of H-pyrrole nitrogens is 1. The predicted molar refractivity (Wildman–Crippen MR) is 133 cm³/mol. The van der Waals surface area contributed by atoms with Gasteiger partial charge in [0.15, 0.2) is 5.54 Å². The van der Waals surface area contributed by atoms with Gasteiger partial charge in [0, 0.05) is 28.9 Å². The highest BCUT2D eigenvalue weighted by atomic mass is 16.5. The largest absolute Gasteiger partial charge is 0.497 e. The normalized spacial score (nSPS) is 21.3. The summed E-state index contributed by atoms with van der Waals surface area (Å²) in [5.74, 6) is 0.963. The molecule has 0 radical (unpaired) electrons. The highest BCUT2D eigenvalue weighted by Gasteiger charge is 2.60. The lowest BCUT2D eigenvalue weighted by Gasteiger charge is -2.40. The van der Waals surface area contributed by atoms with Gasteiger partial charge in [0.2, 0.25) is 0 Å². The van der Waals surface area contributed by atoms with Crippen LogP contribution in [0.3, 0.4) is 0 Å². The molecule has 0 spiro atoms. The van der Waals surface area contributed by atoms with E-state index in [1.807, 2.05) is 49.4 Å². The van der Waals surface area contributed by atoms with Crippen LogP contribution in [-0.2, 0) is 10.3 Å². The molecule has 4 aromatic rings. The van der Waals surface area contributed by atoms with Crippen molar-refractivity contribution in [3.05, 3.63) is 89.6 Å². The van der Waals surface area contributed by atoms with Gasteiger partial charge in [-0.15, -0.1) is 0 Å². The van der Waals surface area contributed by atoms with Gasteiger partial charge in [0.25, 0.3) is 5.91 Å².